The molecule has 0 bridgehead atoms. The molecule has 1 atom stereocenters. The Balaban J connectivity index is 2.68. The standard InChI is InChI=1S/C12H21N3O4/c1-11(2,9(17)18)14-10(19)15-6-5-12(3,7-15)8(16)13-4/h5-7H2,1-4H3,(H,13,16)(H,14,19)(H,17,18). The van der Waals surface area contributed by atoms with Gasteiger partial charge in [0.15, 0.2) is 0 Å². The zero-order chi connectivity index (χ0) is 14.8. The lowest BCUT2D eigenvalue weighted by Crippen LogP contribution is -2.54. The minimum atomic E-state index is -1.33. The number of carboxylic acids is 1. The van der Waals surface area contributed by atoms with Gasteiger partial charge in [0.2, 0.25) is 5.91 Å². The minimum absolute atomic E-state index is 0.111. The number of amides is 3. The van der Waals surface area contributed by atoms with Crippen LogP contribution in [0.5, 0.6) is 0 Å². The van der Waals surface area contributed by atoms with Gasteiger partial charge in [-0.2, -0.15) is 0 Å². The normalized spacial score (nSPS) is 23.1. The molecule has 108 valence electrons. The van der Waals surface area contributed by atoms with Gasteiger partial charge in [0.25, 0.3) is 0 Å². The number of carbonyl (C=O) groups is 3. The highest BCUT2D eigenvalue weighted by molar-refractivity contribution is 5.87. The van der Waals surface area contributed by atoms with Crippen molar-refractivity contribution in [2.75, 3.05) is 20.1 Å². The van der Waals surface area contributed by atoms with Crippen LogP contribution in [0.2, 0.25) is 0 Å². The largest absolute Gasteiger partial charge is 0.480 e. The molecular weight excluding hydrogens is 250 g/mol. The van der Waals surface area contributed by atoms with Crippen LogP contribution in [0, 0.1) is 5.41 Å². The molecule has 0 saturated carbocycles. The van der Waals surface area contributed by atoms with Gasteiger partial charge in [0.1, 0.15) is 5.54 Å². The molecule has 0 radical (unpaired) electrons. The third-order valence-electron chi connectivity index (χ3n) is 3.49. The maximum absolute atomic E-state index is 12.0. The van der Waals surface area contributed by atoms with Crippen LogP contribution in [0.1, 0.15) is 27.2 Å². The van der Waals surface area contributed by atoms with Gasteiger partial charge in [0.05, 0.1) is 5.41 Å². The molecule has 1 fully saturated rings. The molecule has 7 nitrogen and oxygen atoms in total. The van der Waals surface area contributed by atoms with E-state index in [-0.39, 0.29) is 12.5 Å². The molecule has 1 rings (SSSR count). The topological polar surface area (TPSA) is 98.7 Å². The molecule has 0 aliphatic carbocycles. The van der Waals surface area contributed by atoms with Crippen molar-refractivity contribution in [3.63, 3.8) is 0 Å². The third kappa shape index (κ3) is 3.15. The maximum atomic E-state index is 12.0. The second kappa shape index (κ2) is 5.07. The van der Waals surface area contributed by atoms with Gasteiger partial charge in [-0.05, 0) is 27.2 Å². The summed E-state index contributed by atoms with van der Waals surface area (Å²) in [5.41, 5.74) is -1.94. The van der Waals surface area contributed by atoms with Gasteiger partial charge >= 0.3 is 12.0 Å². The molecule has 1 aliphatic rings. The molecule has 1 heterocycles. The highest BCUT2D eigenvalue weighted by Gasteiger charge is 2.42. The number of carboxylic acid groups (broad SMARTS) is 1. The van der Waals surface area contributed by atoms with Crippen LogP contribution in [0.4, 0.5) is 4.79 Å². The lowest BCUT2D eigenvalue weighted by atomic mass is 9.89. The number of urea groups is 1. The highest BCUT2D eigenvalue weighted by Crippen LogP contribution is 2.30. The van der Waals surface area contributed by atoms with Crippen molar-refractivity contribution in [3.05, 3.63) is 0 Å². The number of likely N-dealkylation sites (tertiary alicyclic amines) is 1. The average molecular weight is 271 g/mol. The Bertz CT molecular complexity index is 408. The van der Waals surface area contributed by atoms with E-state index in [0.29, 0.717) is 13.0 Å². The van der Waals surface area contributed by atoms with Crippen molar-refractivity contribution < 1.29 is 19.5 Å². The van der Waals surface area contributed by atoms with Crippen LogP contribution in [-0.4, -0.2) is 53.6 Å². The molecule has 19 heavy (non-hydrogen) atoms. The molecule has 3 N–H and O–H groups in total. The number of nitrogens with zero attached hydrogens (tertiary/aromatic N) is 1. The van der Waals surface area contributed by atoms with Gasteiger partial charge in [-0.3, -0.25) is 4.79 Å². The summed E-state index contributed by atoms with van der Waals surface area (Å²) in [5, 5.41) is 14.0. The summed E-state index contributed by atoms with van der Waals surface area (Å²) in [4.78, 5) is 36.1. The molecule has 1 unspecified atom stereocenters. The molecule has 0 spiro atoms. The molecule has 0 aromatic heterocycles. The summed E-state index contributed by atoms with van der Waals surface area (Å²) in [6.07, 6.45) is 0.563. The minimum Gasteiger partial charge on any atom is -0.480 e. The van der Waals surface area contributed by atoms with Gasteiger partial charge in [0, 0.05) is 20.1 Å². The number of hydrogen-bond donors (Lipinski definition) is 3. The molecular formula is C12H21N3O4. The van der Waals surface area contributed by atoms with E-state index >= 15 is 0 Å². The first-order valence-electron chi connectivity index (χ1n) is 6.15. The summed E-state index contributed by atoms with van der Waals surface area (Å²) < 4.78 is 0. The van der Waals surface area contributed by atoms with E-state index < -0.39 is 23.0 Å². The first-order chi connectivity index (χ1) is 8.62. The van der Waals surface area contributed by atoms with E-state index in [9.17, 15) is 14.4 Å². The Labute approximate surface area is 112 Å². The Kier molecular flexibility index (Phi) is 4.07. The molecule has 0 aromatic carbocycles. The van der Waals surface area contributed by atoms with Crippen molar-refractivity contribution in [1.82, 2.24) is 15.5 Å². The van der Waals surface area contributed by atoms with Crippen molar-refractivity contribution in [2.45, 2.75) is 32.7 Å². The van der Waals surface area contributed by atoms with Crippen LogP contribution in [0.3, 0.4) is 0 Å². The fraction of sp³-hybridized carbons (Fsp3) is 0.750. The number of hydrogen-bond acceptors (Lipinski definition) is 3. The average Bonchev–Trinajstić information content (AvgIpc) is 2.71. The zero-order valence-electron chi connectivity index (χ0n) is 11.7. The Hall–Kier alpha value is -1.79. The summed E-state index contributed by atoms with van der Waals surface area (Å²) in [5.74, 6) is -1.21. The van der Waals surface area contributed by atoms with Crippen LogP contribution in [0.15, 0.2) is 0 Å². The van der Waals surface area contributed by atoms with Crippen LogP contribution in [-0.2, 0) is 9.59 Å². The lowest BCUT2D eigenvalue weighted by Gasteiger charge is -2.27. The van der Waals surface area contributed by atoms with Crippen LogP contribution < -0.4 is 10.6 Å². The molecule has 3 amide bonds. The number of carbonyl (C=O) groups excluding carboxylic acids is 2. The van der Waals surface area contributed by atoms with Gasteiger partial charge in [-0.25, -0.2) is 9.59 Å². The maximum Gasteiger partial charge on any atom is 0.328 e. The lowest BCUT2D eigenvalue weighted by molar-refractivity contribution is -0.143. The van der Waals surface area contributed by atoms with Crippen molar-refractivity contribution in [3.8, 4) is 0 Å². The van der Waals surface area contributed by atoms with Gasteiger partial charge in [-0.15, -0.1) is 0 Å². The van der Waals surface area contributed by atoms with Crippen molar-refractivity contribution in [2.24, 2.45) is 5.41 Å². The summed E-state index contributed by atoms with van der Waals surface area (Å²) in [7, 11) is 1.56. The summed E-state index contributed by atoms with van der Waals surface area (Å²) >= 11 is 0. The van der Waals surface area contributed by atoms with E-state index in [1.807, 2.05) is 0 Å². The summed E-state index contributed by atoms with van der Waals surface area (Å²) in [6, 6.07) is -0.458. The second-order valence-electron chi connectivity index (χ2n) is 5.67. The van der Waals surface area contributed by atoms with Gasteiger partial charge in [-0.1, -0.05) is 0 Å². The van der Waals surface area contributed by atoms with E-state index in [2.05, 4.69) is 10.6 Å². The van der Waals surface area contributed by atoms with E-state index in [1.54, 1.807) is 14.0 Å². The summed E-state index contributed by atoms with van der Waals surface area (Å²) in [6.45, 7) is 5.35. The Morgan fingerprint density at radius 1 is 1.32 bits per heavy atom. The number of aliphatic carboxylic acids is 1. The molecule has 1 aliphatic heterocycles. The first kappa shape index (κ1) is 15.3. The van der Waals surface area contributed by atoms with E-state index in [0.717, 1.165) is 0 Å². The van der Waals surface area contributed by atoms with E-state index in [4.69, 9.17) is 5.11 Å². The van der Waals surface area contributed by atoms with Crippen LogP contribution in [0.25, 0.3) is 0 Å². The zero-order valence-corrected chi connectivity index (χ0v) is 11.7. The van der Waals surface area contributed by atoms with Crippen molar-refractivity contribution in [1.29, 1.82) is 0 Å². The molecule has 0 aromatic rings. The first-order valence-corrected chi connectivity index (χ1v) is 6.15. The van der Waals surface area contributed by atoms with Gasteiger partial charge < -0.3 is 20.6 Å². The fourth-order valence-corrected chi connectivity index (χ4v) is 2.02. The smallest absolute Gasteiger partial charge is 0.328 e. The highest BCUT2D eigenvalue weighted by atomic mass is 16.4. The van der Waals surface area contributed by atoms with Crippen molar-refractivity contribution >= 4 is 17.9 Å². The number of nitrogens with one attached hydrogen (secondary N) is 2. The molecule has 1 saturated heterocycles. The monoisotopic (exact) mass is 271 g/mol. The third-order valence-corrected chi connectivity index (χ3v) is 3.49. The second-order valence-corrected chi connectivity index (χ2v) is 5.67. The quantitative estimate of drug-likeness (QED) is 0.673. The molecule has 7 heteroatoms. The number of rotatable bonds is 3. The predicted molar refractivity (Wildman–Crippen MR) is 68.6 cm³/mol. The van der Waals surface area contributed by atoms with Crippen LogP contribution >= 0.6 is 0 Å². The predicted octanol–water partition coefficient (Wildman–Crippen LogP) is 0.0172. The SMILES string of the molecule is CNC(=O)C1(C)CCN(C(=O)NC(C)(C)C(=O)O)C1. The Morgan fingerprint density at radius 2 is 1.89 bits per heavy atom. The Morgan fingerprint density at radius 3 is 2.37 bits per heavy atom. The fourth-order valence-electron chi connectivity index (χ4n) is 2.02. The van der Waals surface area contributed by atoms with E-state index in [1.165, 1.54) is 18.7 Å².